The van der Waals surface area contributed by atoms with E-state index in [-0.39, 0.29) is 12.3 Å². The quantitative estimate of drug-likeness (QED) is 0.529. The monoisotopic (exact) mass is 170 g/mol. The molecule has 0 aromatic carbocycles. The Morgan fingerprint density at radius 3 is 2.14 bits per heavy atom. The summed E-state index contributed by atoms with van der Waals surface area (Å²) in [7, 11) is 0. The summed E-state index contributed by atoms with van der Waals surface area (Å²) in [5.41, 5.74) is 0. The van der Waals surface area contributed by atoms with Gasteiger partial charge in [-0.15, -0.1) is 0 Å². The Kier molecular flexibility index (Phi) is 1.10. The van der Waals surface area contributed by atoms with Crippen LogP contribution in [-0.2, 0) is 0 Å². The Hall–Kier alpha value is 0.340. The van der Waals surface area contributed by atoms with Gasteiger partial charge in [0.2, 0.25) is 0 Å². The molecular weight excluding hydrogens is 166 g/mol. The third-order valence-corrected chi connectivity index (χ3v) is 1.92. The van der Waals surface area contributed by atoms with E-state index in [1.54, 1.807) is 0 Å². The lowest BCUT2D eigenvalue weighted by molar-refractivity contribution is 0.103. The largest absolute Gasteiger partial charge is 0.252 e. The third kappa shape index (κ3) is 0.929. The lowest BCUT2D eigenvalue weighted by atomic mass is 10.5. The van der Waals surface area contributed by atoms with Crippen molar-refractivity contribution in [3.8, 4) is 0 Å². The molecule has 42 valence electrons. The molecule has 0 saturated heterocycles. The van der Waals surface area contributed by atoms with Crippen molar-refractivity contribution in [3.63, 3.8) is 0 Å². The molecule has 0 unspecified atom stereocenters. The minimum absolute atomic E-state index is 0.0816. The fraction of sp³-hybridized carbons (Fsp3) is 1.00. The van der Waals surface area contributed by atoms with Crippen LogP contribution in [0.5, 0.6) is 0 Å². The molecule has 0 heterocycles. The summed E-state index contributed by atoms with van der Waals surface area (Å²) >= 11 is 2.97. The molecule has 0 bridgehead atoms. The van der Waals surface area contributed by atoms with Crippen molar-refractivity contribution >= 4 is 15.9 Å². The van der Waals surface area contributed by atoms with E-state index in [4.69, 9.17) is 0 Å². The van der Waals surface area contributed by atoms with Gasteiger partial charge in [-0.1, -0.05) is 15.9 Å². The van der Waals surface area contributed by atoms with Gasteiger partial charge in [0.25, 0.3) is 5.92 Å². The highest BCUT2D eigenvalue weighted by atomic mass is 79.9. The number of hydrogen-bond donors (Lipinski definition) is 0. The molecule has 1 saturated carbocycles. The first-order valence-corrected chi connectivity index (χ1v) is 3.23. The Morgan fingerprint density at radius 2 is 2.14 bits per heavy atom. The van der Waals surface area contributed by atoms with Crippen LogP contribution in [0.2, 0.25) is 0 Å². The van der Waals surface area contributed by atoms with Crippen molar-refractivity contribution in [1.29, 1.82) is 0 Å². The first-order chi connectivity index (χ1) is 3.17. The van der Waals surface area contributed by atoms with E-state index in [2.05, 4.69) is 15.9 Å². The van der Waals surface area contributed by atoms with E-state index in [1.165, 1.54) is 0 Å². The molecule has 1 aliphatic carbocycles. The van der Waals surface area contributed by atoms with Gasteiger partial charge >= 0.3 is 0 Å². The molecule has 0 spiro atoms. The van der Waals surface area contributed by atoms with Gasteiger partial charge in [0, 0.05) is 17.7 Å². The molecule has 0 aliphatic heterocycles. The van der Waals surface area contributed by atoms with Crippen LogP contribution in [0.4, 0.5) is 8.78 Å². The van der Waals surface area contributed by atoms with Crippen LogP contribution in [0.1, 0.15) is 6.42 Å². The first-order valence-electron chi connectivity index (χ1n) is 2.10. The smallest absolute Gasteiger partial charge is 0.207 e. The zero-order valence-corrected chi connectivity index (χ0v) is 5.21. The third-order valence-electron chi connectivity index (χ3n) is 1.14. The summed E-state index contributed by atoms with van der Waals surface area (Å²) in [5, 5.41) is 0.444. The van der Waals surface area contributed by atoms with Gasteiger partial charge in [-0.3, -0.25) is 0 Å². The van der Waals surface area contributed by atoms with Crippen molar-refractivity contribution in [2.45, 2.75) is 12.3 Å². The van der Waals surface area contributed by atoms with Crippen molar-refractivity contribution in [3.05, 3.63) is 0 Å². The van der Waals surface area contributed by atoms with Crippen molar-refractivity contribution in [2.24, 2.45) is 5.92 Å². The number of hydrogen-bond acceptors (Lipinski definition) is 0. The van der Waals surface area contributed by atoms with Crippen LogP contribution < -0.4 is 0 Å². The zero-order chi connectivity index (χ0) is 5.49. The first kappa shape index (κ1) is 5.48. The second-order valence-electron chi connectivity index (χ2n) is 1.82. The molecule has 1 aliphatic rings. The summed E-state index contributed by atoms with van der Waals surface area (Å²) in [6.45, 7) is 0. The van der Waals surface area contributed by atoms with Crippen LogP contribution in [-0.4, -0.2) is 11.3 Å². The van der Waals surface area contributed by atoms with E-state index < -0.39 is 5.92 Å². The molecule has 1 rings (SSSR count). The van der Waals surface area contributed by atoms with E-state index in [0.29, 0.717) is 5.33 Å². The Bertz CT molecular complexity index is 81.8. The van der Waals surface area contributed by atoms with E-state index in [1.807, 2.05) is 0 Å². The lowest BCUT2D eigenvalue weighted by Gasteiger charge is -1.86. The van der Waals surface area contributed by atoms with Gasteiger partial charge in [0.05, 0.1) is 0 Å². The Labute approximate surface area is 49.0 Å². The molecule has 7 heavy (non-hydrogen) atoms. The molecule has 0 amide bonds. The number of alkyl halides is 3. The predicted octanol–water partition coefficient (Wildman–Crippen LogP) is 2.04. The zero-order valence-electron chi connectivity index (χ0n) is 3.63. The van der Waals surface area contributed by atoms with E-state index in [0.717, 1.165) is 0 Å². The molecule has 1 atom stereocenters. The molecule has 0 nitrogen and oxygen atoms in total. The molecule has 1 fully saturated rings. The predicted molar refractivity (Wildman–Crippen MR) is 26.8 cm³/mol. The standard InChI is InChI=1S/C4H5BrF2/c5-2-3-1-4(3,6)7/h3H,1-2H2/t3-/m1/s1. The summed E-state index contributed by atoms with van der Waals surface area (Å²) in [4.78, 5) is 0. The van der Waals surface area contributed by atoms with Crippen molar-refractivity contribution < 1.29 is 8.78 Å². The van der Waals surface area contributed by atoms with Crippen LogP contribution in [0.25, 0.3) is 0 Å². The van der Waals surface area contributed by atoms with Gasteiger partial charge in [-0.2, -0.15) is 0 Å². The fourth-order valence-corrected chi connectivity index (χ4v) is 1.14. The molecular formula is C4H5BrF2. The highest BCUT2D eigenvalue weighted by Gasteiger charge is 2.55. The average Bonchev–Trinajstić information content (AvgIpc) is 2.13. The lowest BCUT2D eigenvalue weighted by Crippen LogP contribution is -1.92. The molecule has 0 aromatic heterocycles. The molecule has 3 heteroatoms. The van der Waals surface area contributed by atoms with Gasteiger partial charge in [0.15, 0.2) is 0 Å². The van der Waals surface area contributed by atoms with Gasteiger partial charge in [-0.05, 0) is 0 Å². The van der Waals surface area contributed by atoms with Gasteiger partial charge < -0.3 is 0 Å². The number of halogens is 3. The number of rotatable bonds is 1. The summed E-state index contributed by atoms with van der Waals surface area (Å²) < 4.78 is 23.5. The van der Waals surface area contributed by atoms with Gasteiger partial charge in [-0.25, -0.2) is 8.78 Å². The highest BCUT2D eigenvalue weighted by Crippen LogP contribution is 2.49. The van der Waals surface area contributed by atoms with Gasteiger partial charge in [0.1, 0.15) is 0 Å². The minimum Gasteiger partial charge on any atom is -0.207 e. The van der Waals surface area contributed by atoms with Crippen molar-refractivity contribution in [1.82, 2.24) is 0 Å². The molecule has 0 aromatic rings. The minimum atomic E-state index is -2.33. The molecule has 0 N–H and O–H groups in total. The summed E-state index contributed by atoms with van der Waals surface area (Å²) in [5.74, 6) is -2.70. The second kappa shape index (κ2) is 1.41. The topological polar surface area (TPSA) is 0 Å². The maximum atomic E-state index is 11.8. The van der Waals surface area contributed by atoms with E-state index in [9.17, 15) is 8.78 Å². The van der Waals surface area contributed by atoms with Crippen LogP contribution in [0, 0.1) is 5.92 Å². The summed E-state index contributed by atoms with van der Waals surface area (Å²) in [6, 6.07) is 0. The van der Waals surface area contributed by atoms with Crippen molar-refractivity contribution in [2.75, 3.05) is 5.33 Å². The maximum Gasteiger partial charge on any atom is 0.252 e. The average molecular weight is 171 g/mol. The summed E-state index contributed by atoms with van der Waals surface area (Å²) in [6.07, 6.45) is 0.0816. The van der Waals surface area contributed by atoms with Crippen LogP contribution in [0.15, 0.2) is 0 Å². The van der Waals surface area contributed by atoms with Crippen LogP contribution >= 0.6 is 15.9 Å². The second-order valence-corrected chi connectivity index (χ2v) is 2.46. The Balaban J connectivity index is 2.30. The fourth-order valence-electron chi connectivity index (χ4n) is 0.437. The normalized spacial score (nSPS) is 35.6. The Morgan fingerprint density at radius 1 is 1.71 bits per heavy atom. The SMILES string of the molecule is FC1(F)C[C@@H]1CBr. The van der Waals surface area contributed by atoms with Crippen LogP contribution in [0.3, 0.4) is 0 Å². The van der Waals surface area contributed by atoms with E-state index >= 15 is 0 Å². The molecule has 0 radical (unpaired) electrons. The highest BCUT2D eigenvalue weighted by molar-refractivity contribution is 9.09. The maximum absolute atomic E-state index is 11.8.